The molecule has 0 unspecified atom stereocenters. The Morgan fingerprint density at radius 1 is 0.278 bits per heavy atom. The third-order valence-corrected chi connectivity index (χ3v) is 10.5. The summed E-state index contributed by atoms with van der Waals surface area (Å²) in [6, 6.07) is 75.7. The molecule has 0 saturated carbocycles. The van der Waals surface area contributed by atoms with Gasteiger partial charge >= 0.3 is 0 Å². The molecule has 0 saturated heterocycles. The van der Waals surface area contributed by atoms with Gasteiger partial charge in [0.15, 0.2) is 5.75 Å². The highest BCUT2D eigenvalue weighted by atomic mass is 16.5. The number of ether oxygens (including phenoxy) is 1. The standard InChI is InChI=1S/C52H35NO/c1-4-16-36(17-5-1)37-30-32-42(33-31-37)53(49-28-13-12-24-43(49)38-18-6-2-7-19-38)50-29-15-27-46-48-35-41-23-11-10-22-40(41)34-47(48)45-26-14-25-44(51(45)54-52(46)50)39-20-8-3-9-21-39/h1-35H. The van der Waals surface area contributed by atoms with Gasteiger partial charge in [-0.05, 0) is 80.6 Å². The van der Waals surface area contributed by atoms with E-state index < -0.39 is 0 Å². The van der Waals surface area contributed by atoms with Crippen LogP contribution in [0.2, 0.25) is 0 Å². The SMILES string of the molecule is c1ccc(-c2ccc(N(c3ccccc3-c3ccccc3)c3cccc4c3Oc3c(-c5ccccc5)cccc3-c3cc5ccccc5cc3-4)cc2)cc1. The molecule has 0 radical (unpaired) electrons. The Labute approximate surface area is 315 Å². The maximum Gasteiger partial charge on any atom is 0.159 e. The fourth-order valence-electron chi connectivity index (χ4n) is 7.88. The van der Waals surface area contributed by atoms with Crippen LogP contribution in [-0.4, -0.2) is 0 Å². The zero-order valence-corrected chi connectivity index (χ0v) is 29.6. The van der Waals surface area contributed by atoms with E-state index in [0.29, 0.717) is 0 Å². The topological polar surface area (TPSA) is 12.5 Å². The molecule has 1 aliphatic heterocycles. The fourth-order valence-corrected chi connectivity index (χ4v) is 7.88. The lowest BCUT2D eigenvalue weighted by molar-refractivity contribution is 0.490. The summed E-state index contributed by atoms with van der Waals surface area (Å²) in [5, 5.41) is 2.39. The average molecular weight is 690 g/mol. The van der Waals surface area contributed by atoms with Crippen LogP contribution in [-0.2, 0) is 0 Å². The summed E-state index contributed by atoms with van der Waals surface area (Å²) in [7, 11) is 0. The molecule has 2 heteroatoms. The lowest BCUT2D eigenvalue weighted by atomic mass is 9.90. The summed E-state index contributed by atoms with van der Waals surface area (Å²) in [6.45, 7) is 0. The second-order valence-corrected chi connectivity index (χ2v) is 13.7. The van der Waals surface area contributed by atoms with Crippen LogP contribution in [0.4, 0.5) is 17.1 Å². The number of anilines is 3. The van der Waals surface area contributed by atoms with E-state index in [-0.39, 0.29) is 0 Å². The van der Waals surface area contributed by atoms with Crippen LogP contribution in [0.5, 0.6) is 11.5 Å². The van der Waals surface area contributed by atoms with Crippen molar-refractivity contribution in [2.45, 2.75) is 0 Å². The van der Waals surface area contributed by atoms with Gasteiger partial charge in [-0.2, -0.15) is 0 Å². The van der Waals surface area contributed by atoms with Gasteiger partial charge in [0.1, 0.15) is 5.75 Å². The van der Waals surface area contributed by atoms with Gasteiger partial charge in [-0.15, -0.1) is 0 Å². The van der Waals surface area contributed by atoms with Crippen molar-refractivity contribution in [3.8, 4) is 67.1 Å². The highest BCUT2D eigenvalue weighted by molar-refractivity contribution is 6.03. The molecule has 0 fully saturated rings. The highest BCUT2D eigenvalue weighted by Gasteiger charge is 2.29. The molecule has 10 rings (SSSR count). The van der Waals surface area contributed by atoms with E-state index in [9.17, 15) is 0 Å². The van der Waals surface area contributed by atoms with Gasteiger partial charge in [0, 0.05) is 27.9 Å². The lowest BCUT2D eigenvalue weighted by Crippen LogP contribution is -2.12. The fraction of sp³-hybridized carbons (Fsp3) is 0. The smallest absolute Gasteiger partial charge is 0.159 e. The normalized spacial score (nSPS) is 11.5. The quantitative estimate of drug-likeness (QED) is 0.172. The molecular formula is C52H35NO. The number of rotatable bonds is 6. The number of hydrogen-bond donors (Lipinski definition) is 0. The summed E-state index contributed by atoms with van der Waals surface area (Å²) in [6.07, 6.45) is 0. The number of nitrogens with zero attached hydrogens (tertiary/aromatic N) is 1. The van der Waals surface area contributed by atoms with E-state index in [1.54, 1.807) is 0 Å². The van der Waals surface area contributed by atoms with Crippen molar-refractivity contribution in [2.24, 2.45) is 0 Å². The van der Waals surface area contributed by atoms with E-state index in [2.05, 4.69) is 217 Å². The van der Waals surface area contributed by atoms with Crippen LogP contribution < -0.4 is 9.64 Å². The van der Waals surface area contributed by atoms with Crippen molar-refractivity contribution < 1.29 is 4.74 Å². The predicted octanol–water partition coefficient (Wildman–Crippen LogP) is 14.8. The molecule has 54 heavy (non-hydrogen) atoms. The first-order chi connectivity index (χ1) is 26.8. The molecule has 254 valence electrons. The van der Waals surface area contributed by atoms with Crippen molar-refractivity contribution in [1.82, 2.24) is 0 Å². The second-order valence-electron chi connectivity index (χ2n) is 13.7. The van der Waals surface area contributed by atoms with Crippen LogP contribution in [0.1, 0.15) is 0 Å². The number of hydrogen-bond acceptors (Lipinski definition) is 2. The van der Waals surface area contributed by atoms with E-state index in [1.165, 1.54) is 21.9 Å². The molecule has 0 aliphatic carbocycles. The van der Waals surface area contributed by atoms with Gasteiger partial charge < -0.3 is 9.64 Å². The molecule has 2 nitrogen and oxygen atoms in total. The van der Waals surface area contributed by atoms with Crippen LogP contribution in [0, 0.1) is 0 Å². The largest absolute Gasteiger partial charge is 0.453 e. The Bertz CT molecular complexity index is 2770. The second kappa shape index (κ2) is 13.4. The maximum atomic E-state index is 7.45. The third kappa shape index (κ3) is 5.53. The Balaban J connectivity index is 1.26. The highest BCUT2D eigenvalue weighted by Crippen LogP contribution is 2.55. The number of para-hydroxylation sites is 3. The van der Waals surface area contributed by atoms with Crippen molar-refractivity contribution in [3.05, 3.63) is 212 Å². The number of benzene rings is 9. The first-order valence-corrected chi connectivity index (χ1v) is 18.4. The molecule has 9 aromatic rings. The molecule has 0 N–H and O–H groups in total. The third-order valence-electron chi connectivity index (χ3n) is 10.5. The first kappa shape index (κ1) is 31.6. The zero-order chi connectivity index (χ0) is 35.8. The Hall–Kier alpha value is -7.16. The summed E-state index contributed by atoms with van der Waals surface area (Å²) in [5.74, 6) is 1.66. The average Bonchev–Trinajstić information content (AvgIpc) is 3.39. The molecule has 0 atom stereocenters. The van der Waals surface area contributed by atoms with Gasteiger partial charge in [0.25, 0.3) is 0 Å². The van der Waals surface area contributed by atoms with E-state index in [4.69, 9.17) is 4.74 Å². The molecule has 0 bridgehead atoms. The Kier molecular flexibility index (Phi) is 7.85. The van der Waals surface area contributed by atoms with Crippen LogP contribution in [0.3, 0.4) is 0 Å². The van der Waals surface area contributed by atoms with Gasteiger partial charge in [-0.1, -0.05) is 176 Å². The molecule has 1 heterocycles. The molecule has 9 aromatic carbocycles. The van der Waals surface area contributed by atoms with Gasteiger partial charge in [-0.25, -0.2) is 0 Å². The zero-order valence-electron chi connectivity index (χ0n) is 29.6. The molecular weight excluding hydrogens is 655 g/mol. The van der Waals surface area contributed by atoms with Crippen molar-refractivity contribution in [3.63, 3.8) is 0 Å². The minimum atomic E-state index is 0.811. The molecule has 1 aliphatic rings. The number of fused-ring (bicyclic) bond motifs is 6. The lowest BCUT2D eigenvalue weighted by Gasteiger charge is -2.30. The van der Waals surface area contributed by atoms with Gasteiger partial charge in [-0.3, -0.25) is 0 Å². The Morgan fingerprint density at radius 3 is 1.37 bits per heavy atom. The minimum absolute atomic E-state index is 0.811. The monoisotopic (exact) mass is 689 g/mol. The van der Waals surface area contributed by atoms with E-state index in [1.807, 2.05) is 0 Å². The first-order valence-electron chi connectivity index (χ1n) is 18.4. The predicted molar refractivity (Wildman–Crippen MR) is 226 cm³/mol. The molecule has 0 amide bonds. The maximum absolute atomic E-state index is 7.45. The summed E-state index contributed by atoms with van der Waals surface area (Å²) >= 11 is 0. The minimum Gasteiger partial charge on any atom is -0.453 e. The summed E-state index contributed by atoms with van der Waals surface area (Å²) in [5.41, 5.74) is 14.3. The van der Waals surface area contributed by atoms with Crippen molar-refractivity contribution in [1.29, 1.82) is 0 Å². The molecule has 0 aromatic heterocycles. The van der Waals surface area contributed by atoms with Gasteiger partial charge in [0.2, 0.25) is 0 Å². The van der Waals surface area contributed by atoms with Crippen molar-refractivity contribution in [2.75, 3.05) is 4.90 Å². The summed E-state index contributed by atoms with van der Waals surface area (Å²) < 4.78 is 7.45. The van der Waals surface area contributed by atoms with Crippen LogP contribution in [0.25, 0.3) is 66.4 Å². The van der Waals surface area contributed by atoms with E-state index in [0.717, 1.165) is 73.1 Å². The van der Waals surface area contributed by atoms with Crippen LogP contribution in [0.15, 0.2) is 212 Å². The van der Waals surface area contributed by atoms with Crippen LogP contribution >= 0.6 is 0 Å². The van der Waals surface area contributed by atoms with Gasteiger partial charge in [0.05, 0.1) is 11.4 Å². The molecule has 0 spiro atoms. The summed E-state index contributed by atoms with van der Waals surface area (Å²) in [4.78, 5) is 2.37. The van der Waals surface area contributed by atoms with E-state index >= 15 is 0 Å². The van der Waals surface area contributed by atoms with Crippen molar-refractivity contribution >= 4 is 27.8 Å². The Morgan fingerprint density at radius 2 is 0.722 bits per heavy atom.